The van der Waals surface area contributed by atoms with Gasteiger partial charge in [0.1, 0.15) is 11.6 Å². The second kappa shape index (κ2) is 4.48. The molecule has 0 saturated heterocycles. The van der Waals surface area contributed by atoms with Gasteiger partial charge in [-0.1, -0.05) is 0 Å². The minimum absolute atomic E-state index is 0.0149. The molecule has 5 nitrogen and oxygen atoms in total. The fourth-order valence-electron chi connectivity index (χ4n) is 1.52. The van der Waals surface area contributed by atoms with Crippen LogP contribution in [0.15, 0.2) is 24.4 Å². The number of hydrogen-bond acceptors (Lipinski definition) is 3. The summed E-state index contributed by atoms with van der Waals surface area (Å²) in [6.45, 7) is 1.75. The maximum Gasteiger partial charge on any atom is 0.259 e. The molecule has 0 spiro atoms. The highest BCUT2D eigenvalue weighted by Crippen LogP contribution is 2.20. The molecule has 0 bridgehead atoms. The van der Waals surface area contributed by atoms with E-state index in [2.05, 4.69) is 10.4 Å². The quantitative estimate of drug-likeness (QED) is 0.798. The van der Waals surface area contributed by atoms with Gasteiger partial charge in [-0.15, -0.1) is 0 Å². The van der Waals surface area contributed by atoms with E-state index in [1.165, 1.54) is 18.3 Å². The van der Waals surface area contributed by atoms with Crippen molar-refractivity contribution in [1.82, 2.24) is 9.78 Å². The lowest BCUT2D eigenvalue weighted by Gasteiger charge is -2.06. The summed E-state index contributed by atoms with van der Waals surface area (Å²) in [4.78, 5) is 11.9. The lowest BCUT2D eigenvalue weighted by molar-refractivity contribution is 0.102. The van der Waals surface area contributed by atoms with E-state index in [4.69, 9.17) is 5.11 Å². The number of nitrogens with one attached hydrogen (secondary N) is 1. The Bertz CT molecular complexity index is 607. The molecule has 1 aromatic carbocycles. The molecule has 2 rings (SSSR count). The van der Waals surface area contributed by atoms with Gasteiger partial charge in [-0.2, -0.15) is 5.10 Å². The van der Waals surface area contributed by atoms with Gasteiger partial charge in [0.25, 0.3) is 5.91 Å². The minimum Gasteiger partial charge on any atom is -0.508 e. The zero-order chi connectivity index (χ0) is 13.3. The van der Waals surface area contributed by atoms with Gasteiger partial charge in [0.2, 0.25) is 0 Å². The van der Waals surface area contributed by atoms with Gasteiger partial charge in [-0.3, -0.25) is 9.48 Å². The summed E-state index contributed by atoms with van der Waals surface area (Å²) in [6, 6.07) is 3.54. The molecule has 0 aliphatic heterocycles. The standard InChI is InChI=1S/C12H12FN3O2/c1-7-9(6-14-16(7)2)12(18)15-11-4-3-8(17)5-10(11)13/h3-6,17H,1-2H3,(H,15,18). The summed E-state index contributed by atoms with van der Waals surface area (Å²) >= 11 is 0. The Morgan fingerprint density at radius 2 is 2.22 bits per heavy atom. The van der Waals surface area contributed by atoms with E-state index in [0.29, 0.717) is 11.3 Å². The van der Waals surface area contributed by atoms with E-state index in [1.54, 1.807) is 18.7 Å². The Morgan fingerprint density at radius 1 is 1.50 bits per heavy atom. The second-order valence-corrected chi connectivity index (χ2v) is 3.89. The molecule has 0 aliphatic carbocycles. The fraction of sp³-hybridized carbons (Fsp3) is 0.167. The normalized spacial score (nSPS) is 10.4. The van der Waals surface area contributed by atoms with Crippen molar-refractivity contribution in [2.24, 2.45) is 7.05 Å². The van der Waals surface area contributed by atoms with Crippen LogP contribution in [0.2, 0.25) is 0 Å². The highest BCUT2D eigenvalue weighted by molar-refractivity contribution is 6.04. The summed E-state index contributed by atoms with van der Waals surface area (Å²) in [5.41, 5.74) is 1.08. The van der Waals surface area contributed by atoms with E-state index in [9.17, 15) is 9.18 Å². The van der Waals surface area contributed by atoms with Crippen molar-refractivity contribution in [2.45, 2.75) is 6.92 Å². The van der Waals surface area contributed by atoms with Crippen LogP contribution in [0.1, 0.15) is 16.1 Å². The predicted octanol–water partition coefficient (Wildman–Crippen LogP) is 1.83. The molecule has 1 aromatic heterocycles. The Labute approximate surface area is 103 Å². The third kappa shape index (κ3) is 2.17. The SMILES string of the molecule is Cc1c(C(=O)Nc2ccc(O)cc2F)cnn1C. The van der Waals surface area contributed by atoms with Gasteiger partial charge >= 0.3 is 0 Å². The number of phenols is 1. The number of carbonyl (C=O) groups excluding carboxylic acids is 1. The Balaban J connectivity index is 2.24. The molecule has 0 unspecified atom stereocenters. The van der Waals surface area contributed by atoms with Crippen molar-refractivity contribution in [3.05, 3.63) is 41.5 Å². The van der Waals surface area contributed by atoms with E-state index in [0.717, 1.165) is 6.07 Å². The van der Waals surface area contributed by atoms with Crippen molar-refractivity contribution in [3.8, 4) is 5.75 Å². The summed E-state index contributed by atoms with van der Waals surface area (Å²) < 4.78 is 15.0. The Kier molecular flexibility index (Phi) is 3.01. The number of nitrogens with zero attached hydrogens (tertiary/aromatic N) is 2. The molecule has 0 radical (unpaired) electrons. The first-order valence-electron chi connectivity index (χ1n) is 5.27. The molecular formula is C12H12FN3O2. The molecule has 18 heavy (non-hydrogen) atoms. The number of anilines is 1. The van der Waals surface area contributed by atoms with Crippen LogP contribution < -0.4 is 5.32 Å². The largest absolute Gasteiger partial charge is 0.508 e. The third-order valence-electron chi connectivity index (χ3n) is 2.68. The summed E-state index contributed by atoms with van der Waals surface area (Å²) in [7, 11) is 1.72. The molecule has 2 N–H and O–H groups in total. The van der Waals surface area contributed by atoms with Gasteiger partial charge in [-0.25, -0.2) is 4.39 Å². The zero-order valence-corrected chi connectivity index (χ0v) is 9.94. The van der Waals surface area contributed by atoms with Crippen LogP contribution in [0.25, 0.3) is 0 Å². The summed E-state index contributed by atoms with van der Waals surface area (Å²) in [5.74, 6) is -1.32. The predicted molar refractivity (Wildman–Crippen MR) is 64.0 cm³/mol. The number of aryl methyl sites for hydroxylation is 1. The maximum absolute atomic E-state index is 13.4. The molecule has 0 atom stereocenters. The first-order chi connectivity index (χ1) is 8.49. The van der Waals surface area contributed by atoms with Gasteiger partial charge in [0.15, 0.2) is 0 Å². The van der Waals surface area contributed by atoms with Crippen LogP contribution >= 0.6 is 0 Å². The number of phenolic OH excluding ortho intramolecular Hbond substituents is 1. The molecule has 2 aromatic rings. The lowest BCUT2D eigenvalue weighted by atomic mass is 10.2. The van der Waals surface area contributed by atoms with Gasteiger partial charge in [0.05, 0.1) is 17.4 Å². The highest BCUT2D eigenvalue weighted by atomic mass is 19.1. The van der Waals surface area contributed by atoms with Crippen LogP contribution in [0.5, 0.6) is 5.75 Å². The monoisotopic (exact) mass is 249 g/mol. The first kappa shape index (κ1) is 12.1. The topological polar surface area (TPSA) is 67.2 Å². The fourth-order valence-corrected chi connectivity index (χ4v) is 1.52. The average Bonchev–Trinajstić information content (AvgIpc) is 2.64. The second-order valence-electron chi connectivity index (χ2n) is 3.89. The number of halogens is 1. The lowest BCUT2D eigenvalue weighted by Crippen LogP contribution is -2.13. The number of hydrogen-bond donors (Lipinski definition) is 2. The van der Waals surface area contributed by atoms with Crippen LogP contribution in [0, 0.1) is 12.7 Å². The number of rotatable bonds is 2. The molecule has 94 valence electrons. The average molecular weight is 249 g/mol. The smallest absolute Gasteiger partial charge is 0.259 e. The minimum atomic E-state index is -0.690. The third-order valence-corrected chi connectivity index (χ3v) is 2.68. The number of aromatic nitrogens is 2. The highest BCUT2D eigenvalue weighted by Gasteiger charge is 2.14. The molecule has 1 amide bonds. The molecule has 0 fully saturated rings. The molecule has 1 heterocycles. The maximum atomic E-state index is 13.4. The number of benzene rings is 1. The molecular weight excluding hydrogens is 237 g/mol. The van der Waals surface area contributed by atoms with E-state index in [-0.39, 0.29) is 11.4 Å². The van der Waals surface area contributed by atoms with Crippen LogP contribution in [-0.4, -0.2) is 20.8 Å². The van der Waals surface area contributed by atoms with E-state index in [1.807, 2.05) is 0 Å². The van der Waals surface area contributed by atoms with E-state index < -0.39 is 11.7 Å². The summed E-state index contributed by atoms with van der Waals surface area (Å²) in [6.07, 6.45) is 1.42. The van der Waals surface area contributed by atoms with Crippen molar-refractivity contribution in [2.75, 3.05) is 5.32 Å². The first-order valence-corrected chi connectivity index (χ1v) is 5.27. The van der Waals surface area contributed by atoms with Crippen LogP contribution in [0.4, 0.5) is 10.1 Å². The summed E-state index contributed by atoms with van der Waals surface area (Å²) in [5, 5.41) is 15.4. The molecule has 0 aliphatic rings. The van der Waals surface area contributed by atoms with Crippen LogP contribution in [-0.2, 0) is 7.05 Å². The molecule has 0 saturated carbocycles. The van der Waals surface area contributed by atoms with Crippen molar-refractivity contribution >= 4 is 11.6 Å². The zero-order valence-electron chi connectivity index (χ0n) is 9.94. The molecule has 6 heteroatoms. The van der Waals surface area contributed by atoms with Crippen molar-refractivity contribution in [1.29, 1.82) is 0 Å². The van der Waals surface area contributed by atoms with Gasteiger partial charge in [-0.05, 0) is 19.1 Å². The van der Waals surface area contributed by atoms with Crippen molar-refractivity contribution in [3.63, 3.8) is 0 Å². The van der Waals surface area contributed by atoms with Crippen molar-refractivity contribution < 1.29 is 14.3 Å². The van der Waals surface area contributed by atoms with Gasteiger partial charge < -0.3 is 10.4 Å². The van der Waals surface area contributed by atoms with E-state index >= 15 is 0 Å². The number of amides is 1. The Morgan fingerprint density at radius 3 is 2.78 bits per heavy atom. The number of carbonyl (C=O) groups is 1. The van der Waals surface area contributed by atoms with Gasteiger partial charge in [0, 0.05) is 18.8 Å². The van der Waals surface area contributed by atoms with Crippen LogP contribution in [0.3, 0.4) is 0 Å². The number of aromatic hydroxyl groups is 1. The Hall–Kier alpha value is -2.37.